The van der Waals surface area contributed by atoms with Gasteiger partial charge in [-0.3, -0.25) is 0 Å². The second-order valence-corrected chi connectivity index (χ2v) is 14.3. The molecule has 2 aromatic rings. The summed E-state index contributed by atoms with van der Waals surface area (Å²) >= 11 is 0. The Morgan fingerprint density at radius 3 is 2.19 bits per heavy atom. The van der Waals surface area contributed by atoms with E-state index in [4.69, 9.17) is 9.16 Å². The second kappa shape index (κ2) is 6.85. The van der Waals surface area contributed by atoms with E-state index in [1.54, 1.807) is 4.57 Å². The average molecular weight is 376 g/mol. The Bertz CT molecular complexity index is 807. The van der Waals surface area contributed by atoms with Crippen LogP contribution in [-0.4, -0.2) is 24.6 Å². The Kier molecular flexibility index (Phi) is 5.46. The van der Waals surface area contributed by atoms with Gasteiger partial charge in [0.05, 0.1) is 12.1 Å². The minimum Gasteiger partial charge on any atom is -0.443 e. The highest BCUT2D eigenvalue weighted by Gasteiger charge is 2.37. The fourth-order valence-electron chi connectivity index (χ4n) is 2.63. The molecule has 0 fully saturated rings. The van der Waals surface area contributed by atoms with Crippen molar-refractivity contribution < 1.29 is 14.0 Å². The van der Waals surface area contributed by atoms with Crippen molar-refractivity contribution in [3.63, 3.8) is 0 Å². The molecule has 26 heavy (non-hydrogen) atoms. The standard InChI is InChI=1S/C21H33NO3Si/c1-15-17(14-24-26(8,9)21(5,6)7)16-12-10-11-13-18(16)22(15)19(23)25-20(2,3)4/h10-13H,14H2,1-9H3. The van der Waals surface area contributed by atoms with E-state index in [9.17, 15) is 4.79 Å². The van der Waals surface area contributed by atoms with Crippen LogP contribution in [0.3, 0.4) is 0 Å². The molecule has 0 atom stereocenters. The van der Waals surface area contributed by atoms with Crippen LogP contribution in [0.15, 0.2) is 24.3 Å². The first-order chi connectivity index (χ1) is 11.7. The fourth-order valence-corrected chi connectivity index (χ4v) is 3.57. The molecule has 0 saturated carbocycles. The number of carbonyl (C=O) groups is 1. The summed E-state index contributed by atoms with van der Waals surface area (Å²) in [5.41, 5.74) is 2.29. The monoisotopic (exact) mass is 375 g/mol. The topological polar surface area (TPSA) is 40.5 Å². The van der Waals surface area contributed by atoms with Crippen LogP contribution < -0.4 is 0 Å². The van der Waals surface area contributed by atoms with E-state index in [2.05, 4.69) is 33.9 Å². The predicted molar refractivity (Wildman–Crippen MR) is 110 cm³/mol. The zero-order valence-electron chi connectivity index (χ0n) is 17.7. The van der Waals surface area contributed by atoms with Crippen LogP contribution in [0.25, 0.3) is 10.9 Å². The summed E-state index contributed by atoms with van der Waals surface area (Å²) < 4.78 is 13.7. The van der Waals surface area contributed by atoms with Gasteiger partial charge in [0.2, 0.25) is 0 Å². The van der Waals surface area contributed by atoms with Crippen molar-refractivity contribution in [2.45, 2.75) is 78.8 Å². The van der Waals surface area contributed by atoms with E-state index in [0.717, 1.165) is 22.2 Å². The number of nitrogens with zero attached hydrogens (tertiary/aromatic N) is 1. The van der Waals surface area contributed by atoms with Gasteiger partial charge in [-0.2, -0.15) is 0 Å². The zero-order chi connectivity index (χ0) is 19.9. The number of hydrogen-bond donors (Lipinski definition) is 0. The van der Waals surface area contributed by atoms with Crippen molar-refractivity contribution in [3.05, 3.63) is 35.5 Å². The van der Waals surface area contributed by atoms with E-state index in [1.807, 2.05) is 52.0 Å². The maximum atomic E-state index is 12.8. The lowest BCUT2D eigenvalue weighted by Gasteiger charge is -2.36. The van der Waals surface area contributed by atoms with Gasteiger partial charge in [-0.05, 0) is 51.9 Å². The van der Waals surface area contributed by atoms with Gasteiger partial charge in [-0.1, -0.05) is 39.0 Å². The molecule has 0 N–H and O–H groups in total. The lowest BCUT2D eigenvalue weighted by molar-refractivity contribution is 0.0541. The number of rotatable bonds is 3. The molecule has 0 aliphatic carbocycles. The van der Waals surface area contributed by atoms with Crippen LogP contribution in [-0.2, 0) is 15.8 Å². The third-order valence-electron chi connectivity index (χ3n) is 5.20. The van der Waals surface area contributed by atoms with Gasteiger partial charge in [0.15, 0.2) is 8.32 Å². The lowest BCUT2D eigenvalue weighted by Crippen LogP contribution is -2.40. The molecular formula is C21H33NO3Si. The molecule has 1 aromatic heterocycles. The molecule has 0 aliphatic heterocycles. The van der Waals surface area contributed by atoms with Crippen molar-refractivity contribution in [2.75, 3.05) is 0 Å². The summed E-state index contributed by atoms with van der Waals surface area (Å²) in [4.78, 5) is 12.8. The molecule has 4 nitrogen and oxygen atoms in total. The Labute approximate surface area is 158 Å². The molecule has 0 aliphatic rings. The molecule has 0 amide bonds. The number of ether oxygens (including phenoxy) is 1. The first-order valence-electron chi connectivity index (χ1n) is 9.21. The predicted octanol–water partition coefficient (Wildman–Crippen LogP) is 6.25. The van der Waals surface area contributed by atoms with Crippen LogP contribution in [0.4, 0.5) is 4.79 Å². The third-order valence-corrected chi connectivity index (χ3v) is 9.68. The first-order valence-corrected chi connectivity index (χ1v) is 12.1. The summed E-state index contributed by atoms with van der Waals surface area (Å²) in [6.07, 6.45) is -0.343. The Balaban J connectivity index is 2.46. The van der Waals surface area contributed by atoms with Crippen molar-refractivity contribution in [2.24, 2.45) is 0 Å². The Hall–Kier alpha value is -1.59. The zero-order valence-corrected chi connectivity index (χ0v) is 18.7. The third kappa shape index (κ3) is 4.21. The Morgan fingerprint density at radius 2 is 1.65 bits per heavy atom. The van der Waals surface area contributed by atoms with Gasteiger partial charge in [-0.25, -0.2) is 9.36 Å². The van der Waals surface area contributed by atoms with Gasteiger partial charge in [-0.15, -0.1) is 0 Å². The molecule has 5 heteroatoms. The van der Waals surface area contributed by atoms with E-state index in [-0.39, 0.29) is 11.1 Å². The van der Waals surface area contributed by atoms with Crippen molar-refractivity contribution in [1.29, 1.82) is 0 Å². The van der Waals surface area contributed by atoms with Gasteiger partial charge in [0, 0.05) is 16.6 Å². The number of aromatic nitrogens is 1. The van der Waals surface area contributed by atoms with Crippen molar-refractivity contribution >= 4 is 25.3 Å². The minimum absolute atomic E-state index is 0.143. The molecule has 2 rings (SSSR count). The average Bonchev–Trinajstić information content (AvgIpc) is 2.74. The van der Waals surface area contributed by atoms with Crippen LogP contribution >= 0.6 is 0 Å². The number of benzene rings is 1. The summed E-state index contributed by atoms with van der Waals surface area (Å²) in [5.74, 6) is 0. The second-order valence-electron chi connectivity index (χ2n) is 9.45. The lowest BCUT2D eigenvalue weighted by atomic mass is 10.1. The van der Waals surface area contributed by atoms with E-state index in [0.29, 0.717) is 6.61 Å². The van der Waals surface area contributed by atoms with Crippen molar-refractivity contribution in [3.8, 4) is 0 Å². The van der Waals surface area contributed by atoms with Crippen molar-refractivity contribution in [1.82, 2.24) is 4.57 Å². The van der Waals surface area contributed by atoms with E-state index in [1.165, 1.54) is 0 Å². The summed E-state index contributed by atoms with van der Waals surface area (Å²) in [6.45, 7) is 19.3. The molecule has 0 spiro atoms. The van der Waals surface area contributed by atoms with Crippen LogP contribution in [0, 0.1) is 6.92 Å². The largest absolute Gasteiger partial charge is 0.443 e. The normalized spacial score (nSPS) is 13.3. The van der Waals surface area contributed by atoms with Gasteiger partial charge in [0.1, 0.15) is 5.60 Å². The maximum absolute atomic E-state index is 12.8. The molecule has 1 aromatic carbocycles. The van der Waals surface area contributed by atoms with E-state index < -0.39 is 13.9 Å². The highest BCUT2D eigenvalue weighted by Crippen LogP contribution is 2.38. The van der Waals surface area contributed by atoms with Crippen LogP contribution in [0.5, 0.6) is 0 Å². The van der Waals surface area contributed by atoms with Crippen LogP contribution in [0.2, 0.25) is 18.1 Å². The molecule has 0 bridgehead atoms. The summed E-state index contributed by atoms with van der Waals surface area (Å²) in [7, 11) is -1.88. The number of carbonyl (C=O) groups excluding carboxylic acids is 1. The van der Waals surface area contributed by atoms with Gasteiger partial charge >= 0.3 is 6.09 Å². The molecule has 1 heterocycles. The number of fused-ring (bicyclic) bond motifs is 1. The smallest absolute Gasteiger partial charge is 0.419 e. The minimum atomic E-state index is -1.88. The maximum Gasteiger partial charge on any atom is 0.419 e. The van der Waals surface area contributed by atoms with Gasteiger partial charge in [0.25, 0.3) is 0 Å². The summed E-state index contributed by atoms with van der Waals surface area (Å²) in [6, 6.07) is 7.95. The van der Waals surface area contributed by atoms with Gasteiger partial charge < -0.3 is 9.16 Å². The highest BCUT2D eigenvalue weighted by atomic mass is 28.4. The Morgan fingerprint density at radius 1 is 1.08 bits per heavy atom. The quantitative estimate of drug-likeness (QED) is 0.595. The molecular weight excluding hydrogens is 342 g/mol. The highest BCUT2D eigenvalue weighted by molar-refractivity contribution is 6.74. The molecule has 0 saturated heterocycles. The van der Waals surface area contributed by atoms with Crippen LogP contribution in [0.1, 0.15) is 52.8 Å². The fraction of sp³-hybridized carbons (Fsp3) is 0.571. The molecule has 0 unspecified atom stereocenters. The van der Waals surface area contributed by atoms with E-state index >= 15 is 0 Å². The first kappa shape index (κ1) is 20.7. The SMILES string of the molecule is Cc1c(CO[Si](C)(C)C(C)(C)C)c2ccccc2n1C(=O)OC(C)(C)C. The molecule has 0 radical (unpaired) electrons. The number of hydrogen-bond acceptors (Lipinski definition) is 3. The number of para-hydroxylation sites is 1. The summed E-state index contributed by atoms with van der Waals surface area (Å²) in [5, 5.41) is 1.19. The molecule has 144 valence electrons.